The van der Waals surface area contributed by atoms with E-state index in [1.807, 2.05) is 12.1 Å². The van der Waals surface area contributed by atoms with E-state index in [-0.39, 0.29) is 5.91 Å². The maximum absolute atomic E-state index is 11.5. The Morgan fingerprint density at radius 1 is 1.44 bits per heavy atom. The van der Waals surface area contributed by atoms with Crippen LogP contribution in [0.25, 0.3) is 0 Å². The summed E-state index contributed by atoms with van der Waals surface area (Å²) in [5.41, 5.74) is 8.71. The van der Waals surface area contributed by atoms with Crippen LogP contribution in [-0.4, -0.2) is 19.0 Å². The van der Waals surface area contributed by atoms with Crippen LogP contribution >= 0.6 is 0 Å². The van der Waals surface area contributed by atoms with E-state index >= 15 is 0 Å². The number of anilines is 2. The maximum Gasteiger partial charge on any atom is 0.245 e. The highest BCUT2D eigenvalue weighted by atomic mass is 16.2. The number of nitrogens with zero attached hydrogens (tertiary/aromatic N) is 1. The van der Waals surface area contributed by atoms with Gasteiger partial charge in [0.25, 0.3) is 0 Å². The van der Waals surface area contributed by atoms with Crippen LogP contribution in [0.4, 0.5) is 11.4 Å². The minimum atomic E-state index is -0.514. The standard InChI is InChI=1S/C14H19N3O/c1-8(9-3-4-9)17(2)10-5-6-11-12(7-10)16-14(18)13(11)15/h5-9,13H,3-4,15H2,1-2H3,(H,16,18). The number of carbonyl (C=O) groups excluding carboxylic acids is 1. The van der Waals surface area contributed by atoms with Crippen LogP contribution in [0.3, 0.4) is 0 Å². The van der Waals surface area contributed by atoms with Crippen LogP contribution in [0, 0.1) is 5.92 Å². The highest BCUT2D eigenvalue weighted by Crippen LogP contribution is 2.38. The van der Waals surface area contributed by atoms with Gasteiger partial charge in [0.1, 0.15) is 6.04 Å². The quantitative estimate of drug-likeness (QED) is 0.854. The largest absolute Gasteiger partial charge is 0.372 e. The van der Waals surface area contributed by atoms with Crippen molar-refractivity contribution in [1.29, 1.82) is 0 Å². The maximum atomic E-state index is 11.5. The van der Waals surface area contributed by atoms with Crippen molar-refractivity contribution in [2.24, 2.45) is 11.7 Å². The van der Waals surface area contributed by atoms with Crippen molar-refractivity contribution in [3.63, 3.8) is 0 Å². The Morgan fingerprint density at radius 3 is 2.83 bits per heavy atom. The van der Waals surface area contributed by atoms with Crippen LogP contribution in [0.15, 0.2) is 18.2 Å². The van der Waals surface area contributed by atoms with Crippen molar-refractivity contribution in [3.05, 3.63) is 23.8 Å². The molecule has 1 fully saturated rings. The van der Waals surface area contributed by atoms with Crippen molar-refractivity contribution in [2.45, 2.75) is 31.8 Å². The molecule has 2 aliphatic rings. The predicted molar refractivity (Wildman–Crippen MR) is 72.6 cm³/mol. The molecular weight excluding hydrogens is 226 g/mol. The molecule has 1 aromatic carbocycles. The van der Waals surface area contributed by atoms with E-state index in [1.54, 1.807) is 0 Å². The Hall–Kier alpha value is -1.55. The number of hydrogen-bond acceptors (Lipinski definition) is 3. The van der Waals surface area contributed by atoms with E-state index < -0.39 is 6.04 Å². The normalized spacial score (nSPS) is 23.5. The predicted octanol–water partition coefficient (Wildman–Crippen LogP) is 1.87. The van der Waals surface area contributed by atoms with Crippen molar-refractivity contribution in [2.75, 3.05) is 17.3 Å². The summed E-state index contributed by atoms with van der Waals surface area (Å²) in [5.74, 6) is 0.708. The fraction of sp³-hybridized carbons (Fsp3) is 0.500. The topological polar surface area (TPSA) is 58.4 Å². The number of fused-ring (bicyclic) bond motifs is 1. The number of rotatable bonds is 3. The molecule has 0 aromatic heterocycles. The molecule has 1 heterocycles. The lowest BCUT2D eigenvalue weighted by Crippen LogP contribution is -2.30. The summed E-state index contributed by atoms with van der Waals surface area (Å²) in [5, 5.41) is 2.84. The highest BCUT2D eigenvalue weighted by Gasteiger charge is 2.32. The van der Waals surface area contributed by atoms with Gasteiger partial charge in [0.2, 0.25) is 5.91 Å². The third-order valence-electron chi connectivity index (χ3n) is 4.23. The van der Waals surface area contributed by atoms with E-state index in [0.29, 0.717) is 6.04 Å². The molecule has 3 rings (SSSR count). The third kappa shape index (κ3) is 1.77. The smallest absolute Gasteiger partial charge is 0.245 e. The van der Waals surface area contributed by atoms with E-state index in [2.05, 4.69) is 30.3 Å². The molecule has 0 bridgehead atoms. The average molecular weight is 245 g/mol. The number of nitrogens with one attached hydrogen (secondary N) is 1. The molecule has 1 amide bonds. The second-order valence-corrected chi connectivity index (χ2v) is 5.43. The van der Waals surface area contributed by atoms with Crippen molar-refractivity contribution >= 4 is 17.3 Å². The van der Waals surface area contributed by atoms with Crippen LogP contribution in [0.2, 0.25) is 0 Å². The van der Waals surface area contributed by atoms with Gasteiger partial charge in [-0.05, 0) is 37.8 Å². The SMILES string of the molecule is CC(C1CC1)N(C)c1ccc2c(c1)NC(=O)C2N. The molecular formula is C14H19N3O. The van der Waals surface area contributed by atoms with E-state index in [4.69, 9.17) is 5.73 Å². The minimum Gasteiger partial charge on any atom is -0.372 e. The second kappa shape index (κ2) is 3.99. The van der Waals surface area contributed by atoms with Crippen molar-refractivity contribution in [3.8, 4) is 0 Å². The number of hydrogen-bond donors (Lipinski definition) is 2. The second-order valence-electron chi connectivity index (χ2n) is 5.43. The highest BCUT2D eigenvalue weighted by molar-refractivity contribution is 6.02. The molecule has 18 heavy (non-hydrogen) atoms. The summed E-state index contributed by atoms with van der Waals surface area (Å²) in [6.45, 7) is 2.26. The number of benzene rings is 1. The first kappa shape index (κ1) is 11.5. The Labute approximate surface area is 107 Å². The van der Waals surface area contributed by atoms with Gasteiger partial charge in [-0.2, -0.15) is 0 Å². The Kier molecular flexibility index (Phi) is 2.55. The Bertz CT molecular complexity index is 496. The molecule has 96 valence electrons. The summed E-state index contributed by atoms with van der Waals surface area (Å²) >= 11 is 0. The lowest BCUT2D eigenvalue weighted by Gasteiger charge is -2.27. The van der Waals surface area contributed by atoms with Gasteiger partial charge in [0.05, 0.1) is 0 Å². The molecule has 1 aliphatic heterocycles. The molecule has 1 aliphatic carbocycles. The van der Waals surface area contributed by atoms with Gasteiger partial charge in [0, 0.05) is 30.0 Å². The van der Waals surface area contributed by atoms with Gasteiger partial charge in [0.15, 0.2) is 0 Å². The van der Waals surface area contributed by atoms with Crippen molar-refractivity contribution < 1.29 is 4.79 Å². The first-order valence-corrected chi connectivity index (χ1v) is 6.51. The zero-order valence-corrected chi connectivity index (χ0v) is 10.8. The molecule has 0 radical (unpaired) electrons. The monoisotopic (exact) mass is 245 g/mol. The zero-order chi connectivity index (χ0) is 12.9. The fourth-order valence-electron chi connectivity index (χ4n) is 2.62. The van der Waals surface area contributed by atoms with Crippen LogP contribution in [0.1, 0.15) is 31.4 Å². The molecule has 1 aromatic rings. The third-order valence-corrected chi connectivity index (χ3v) is 4.23. The van der Waals surface area contributed by atoms with Gasteiger partial charge >= 0.3 is 0 Å². The molecule has 3 N–H and O–H groups in total. The molecule has 2 unspecified atom stereocenters. The first-order chi connectivity index (χ1) is 8.58. The lowest BCUT2D eigenvalue weighted by atomic mass is 10.1. The summed E-state index contributed by atoms with van der Waals surface area (Å²) in [6, 6.07) is 6.08. The molecule has 1 saturated carbocycles. The van der Waals surface area contributed by atoms with Gasteiger partial charge in [-0.1, -0.05) is 6.07 Å². The molecule has 4 nitrogen and oxygen atoms in total. The summed E-state index contributed by atoms with van der Waals surface area (Å²) < 4.78 is 0. The molecule has 0 saturated heterocycles. The summed E-state index contributed by atoms with van der Waals surface area (Å²) in [6.07, 6.45) is 2.66. The van der Waals surface area contributed by atoms with E-state index in [9.17, 15) is 4.79 Å². The van der Waals surface area contributed by atoms with Crippen LogP contribution in [0.5, 0.6) is 0 Å². The van der Waals surface area contributed by atoms with Gasteiger partial charge in [-0.15, -0.1) is 0 Å². The van der Waals surface area contributed by atoms with Gasteiger partial charge in [-0.3, -0.25) is 4.79 Å². The summed E-state index contributed by atoms with van der Waals surface area (Å²) in [4.78, 5) is 13.8. The minimum absolute atomic E-state index is 0.111. The first-order valence-electron chi connectivity index (χ1n) is 6.51. The zero-order valence-electron chi connectivity index (χ0n) is 10.8. The average Bonchev–Trinajstić information content (AvgIpc) is 3.16. The number of amides is 1. The van der Waals surface area contributed by atoms with E-state index in [1.165, 1.54) is 12.8 Å². The molecule has 0 spiro atoms. The van der Waals surface area contributed by atoms with E-state index in [0.717, 1.165) is 22.9 Å². The number of nitrogens with two attached hydrogens (primary N) is 1. The summed E-state index contributed by atoms with van der Waals surface area (Å²) in [7, 11) is 2.11. The lowest BCUT2D eigenvalue weighted by molar-refractivity contribution is -0.116. The van der Waals surface area contributed by atoms with Crippen molar-refractivity contribution in [1.82, 2.24) is 0 Å². The Balaban J connectivity index is 1.86. The van der Waals surface area contributed by atoms with Gasteiger partial charge < -0.3 is 16.0 Å². The van der Waals surface area contributed by atoms with Crippen LogP contribution in [-0.2, 0) is 4.79 Å². The molecule has 4 heteroatoms. The number of carbonyl (C=O) groups is 1. The molecule has 2 atom stereocenters. The van der Waals surface area contributed by atoms with Crippen LogP contribution < -0.4 is 16.0 Å². The van der Waals surface area contributed by atoms with Gasteiger partial charge in [-0.25, -0.2) is 0 Å². The Morgan fingerprint density at radius 2 is 2.17 bits per heavy atom. The fourth-order valence-corrected chi connectivity index (χ4v) is 2.62.